The van der Waals surface area contributed by atoms with Gasteiger partial charge in [-0.2, -0.15) is 0 Å². The van der Waals surface area contributed by atoms with Crippen molar-refractivity contribution in [3.8, 4) is 0 Å². The van der Waals surface area contributed by atoms with Crippen LogP contribution >= 0.6 is 0 Å². The molecule has 2 rings (SSSR count). The lowest BCUT2D eigenvalue weighted by Gasteiger charge is -2.14. The van der Waals surface area contributed by atoms with E-state index in [1.165, 1.54) is 6.07 Å². The van der Waals surface area contributed by atoms with E-state index in [1.54, 1.807) is 26.0 Å². The van der Waals surface area contributed by atoms with Crippen molar-refractivity contribution in [2.75, 3.05) is 13.1 Å². The van der Waals surface area contributed by atoms with Crippen LogP contribution in [0.4, 0.5) is 4.39 Å². The Morgan fingerprint density at radius 2 is 1.63 bits per heavy atom. The molecule has 2 aromatic carbocycles. The molecule has 8 heteroatoms. The van der Waals surface area contributed by atoms with E-state index in [0.717, 1.165) is 11.1 Å². The molecule has 3 N–H and O–H groups in total. The minimum Gasteiger partial charge on any atom is -0.357 e. The van der Waals surface area contributed by atoms with Crippen molar-refractivity contribution in [3.05, 3.63) is 71.0 Å². The second-order valence-electron chi connectivity index (χ2n) is 7.26. The largest absolute Gasteiger partial charge is 0.357 e. The van der Waals surface area contributed by atoms with Gasteiger partial charge in [-0.1, -0.05) is 42.5 Å². The van der Waals surface area contributed by atoms with E-state index in [0.29, 0.717) is 37.6 Å². The zero-order chi connectivity index (χ0) is 22.0. The average Bonchev–Trinajstić information content (AvgIpc) is 2.67. The fraction of sp³-hybridized carbons (Fsp3) is 0.409. The normalized spacial score (nSPS) is 12.2. The highest BCUT2D eigenvalue weighted by atomic mass is 32.2. The standard InChI is InChI=1S/C22H31FN4O2S/c1-4-24-22(25-14-13-18-9-7-8-12-21(18)23)26-15-19-10-5-6-11-20(19)16-30(28,29)27-17(2)3/h5-12,17,27H,4,13-16H2,1-3H3,(H2,24,25,26). The van der Waals surface area contributed by atoms with Crippen molar-refractivity contribution in [2.45, 2.75) is 45.5 Å². The Bertz CT molecular complexity index is 946. The number of halogens is 1. The topological polar surface area (TPSA) is 82.6 Å². The first-order valence-corrected chi connectivity index (χ1v) is 11.8. The molecule has 30 heavy (non-hydrogen) atoms. The van der Waals surface area contributed by atoms with Crippen LogP contribution in [-0.4, -0.2) is 33.5 Å². The third-order valence-corrected chi connectivity index (χ3v) is 5.80. The van der Waals surface area contributed by atoms with Gasteiger partial charge in [0.05, 0.1) is 12.3 Å². The Labute approximate surface area is 179 Å². The average molecular weight is 435 g/mol. The molecular formula is C22H31FN4O2S. The molecule has 0 unspecified atom stereocenters. The van der Waals surface area contributed by atoms with Gasteiger partial charge in [0.1, 0.15) is 5.82 Å². The first-order chi connectivity index (χ1) is 14.3. The van der Waals surface area contributed by atoms with Gasteiger partial charge in [-0.3, -0.25) is 0 Å². The summed E-state index contributed by atoms with van der Waals surface area (Å²) in [6, 6.07) is 13.9. The predicted molar refractivity (Wildman–Crippen MR) is 120 cm³/mol. The smallest absolute Gasteiger partial charge is 0.216 e. The number of nitrogens with zero attached hydrogens (tertiary/aromatic N) is 1. The molecule has 6 nitrogen and oxygen atoms in total. The zero-order valence-corrected chi connectivity index (χ0v) is 18.6. The summed E-state index contributed by atoms with van der Waals surface area (Å²) in [4.78, 5) is 4.57. The molecule has 0 spiro atoms. The van der Waals surface area contributed by atoms with Gasteiger partial charge in [-0.25, -0.2) is 22.5 Å². The molecule has 0 bridgehead atoms. The Hall–Kier alpha value is -2.45. The Balaban J connectivity index is 2.04. The number of hydrogen-bond acceptors (Lipinski definition) is 3. The highest BCUT2D eigenvalue weighted by Gasteiger charge is 2.15. The van der Waals surface area contributed by atoms with Crippen LogP contribution in [0.1, 0.15) is 37.5 Å². The molecule has 0 atom stereocenters. The lowest BCUT2D eigenvalue weighted by atomic mass is 10.1. The summed E-state index contributed by atoms with van der Waals surface area (Å²) in [5.41, 5.74) is 2.21. The lowest BCUT2D eigenvalue weighted by Crippen LogP contribution is -2.38. The van der Waals surface area contributed by atoms with Gasteiger partial charge in [0, 0.05) is 19.1 Å². The monoisotopic (exact) mass is 434 g/mol. The van der Waals surface area contributed by atoms with Crippen LogP contribution in [0.15, 0.2) is 53.5 Å². The maximum atomic E-state index is 13.8. The fourth-order valence-electron chi connectivity index (χ4n) is 2.98. The number of benzene rings is 2. The summed E-state index contributed by atoms with van der Waals surface area (Å²) in [7, 11) is -3.42. The molecule has 0 radical (unpaired) electrons. The van der Waals surface area contributed by atoms with E-state index in [9.17, 15) is 12.8 Å². The summed E-state index contributed by atoms with van der Waals surface area (Å²) < 4.78 is 41.0. The molecule has 0 aliphatic rings. The summed E-state index contributed by atoms with van der Waals surface area (Å²) in [6.07, 6.45) is 0.535. The summed E-state index contributed by atoms with van der Waals surface area (Å²) in [5, 5.41) is 6.36. The third kappa shape index (κ3) is 8.12. The van der Waals surface area contributed by atoms with Crippen molar-refractivity contribution in [1.82, 2.24) is 15.4 Å². The van der Waals surface area contributed by atoms with Crippen molar-refractivity contribution < 1.29 is 12.8 Å². The maximum absolute atomic E-state index is 13.8. The van der Waals surface area contributed by atoms with Crippen LogP contribution in [0.5, 0.6) is 0 Å². The molecule has 0 saturated heterocycles. The second-order valence-corrected chi connectivity index (χ2v) is 9.02. The van der Waals surface area contributed by atoms with Gasteiger partial charge in [-0.05, 0) is 49.9 Å². The van der Waals surface area contributed by atoms with E-state index in [-0.39, 0.29) is 17.6 Å². The van der Waals surface area contributed by atoms with Crippen LogP contribution in [0.2, 0.25) is 0 Å². The van der Waals surface area contributed by atoms with E-state index in [2.05, 4.69) is 20.3 Å². The van der Waals surface area contributed by atoms with E-state index in [1.807, 2.05) is 37.3 Å². The molecule has 2 aromatic rings. The zero-order valence-electron chi connectivity index (χ0n) is 17.8. The summed E-state index contributed by atoms with van der Waals surface area (Å²) in [5.74, 6) is 0.298. The first kappa shape index (κ1) is 23.8. The number of guanidine groups is 1. The summed E-state index contributed by atoms with van der Waals surface area (Å²) >= 11 is 0. The molecule has 0 aromatic heterocycles. The molecule has 0 fully saturated rings. The fourth-order valence-corrected chi connectivity index (χ4v) is 4.47. The number of hydrogen-bond donors (Lipinski definition) is 3. The predicted octanol–water partition coefficient (Wildman–Crippen LogP) is 2.95. The van der Waals surface area contributed by atoms with Gasteiger partial charge in [0.2, 0.25) is 10.0 Å². The SMILES string of the molecule is CCNC(=NCc1ccccc1CS(=O)(=O)NC(C)C)NCCc1ccccc1F. The number of rotatable bonds is 10. The lowest BCUT2D eigenvalue weighted by molar-refractivity contribution is 0.569. The first-order valence-electron chi connectivity index (χ1n) is 10.1. The quantitative estimate of drug-likeness (QED) is 0.397. The Morgan fingerprint density at radius 3 is 2.27 bits per heavy atom. The van der Waals surface area contributed by atoms with E-state index >= 15 is 0 Å². The van der Waals surface area contributed by atoms with Crippen molar-refractivity contribution >= 4 is 16.0 Å². The Morgan fingerprint density at radius 1 is 1.00 bits per heavy atom. The molecule has 0 heterocycles. The molecule has 164 valence electrons. The van der Waals surface area contributed by atoms with Crippen molar-refractivity contribution in [2.24, 2.45) is 4.99 Å². The second kappa shape index (κ2) is 11.7. The molecular weight excluding hydrogens is 403 g/mol. The van der Waals surface area contributed by atoms with Gasteiger partial charge in [0.15, 0.2) is 5.96 Å². The van der Waals surface area contributed by atoms with E-state index < -0.39 is 10.0 Å². The highest BCUT2D eigenvalue weighted by Crippen LogP contribution is 2.14. The number of nitrogens with one attached hydrogen (secondary N) is 3. The minimum absolute atomic E-state index is 0.0892. The van der Waals surface area contributed by atoms with Crippen molar-refractivity contribution in [1.29, 1.82) is 0 Å². The number of aliphatic imine (C=N–C) groups is 1. The highest BCUT2D eigenvalue weighted by molar-refractivity contribution is 7.88. The van der Waals surface area contributed by atoms with Crippen LogP contribution in [0, 0.1) is 5.82 Å². The van der Waals surface area contributed by atoms with Gasteiger partial charge < -0.3 is 10.6 Å². The van der Waals surface area contributed by atoms with Gasteiger partial charge >= 0.3 is 0 Å². The molecule has 0 amide bonds. The molecule has 0 saturated carbocycles. The van der Waals surface area contributed by atoms with Crippen LogP contribution in [-0.2, 0) is 28.7 Å². The van der Waals surface area contributed by atoms with Crippen LogP contribution in [0.25, 0.3) is 0 Å². The number of sulfonamides is 1. The van der Waals surface area contributed by atoms with Crippen LogP contribution < -0.4 is 15.4 Å². The minimum atomic E-state index is -3.42. The molecule has 0 aliphatic heterocycles. The molecule has 0 aliphatic carbocycles. The maximum Gasteiger partial charge on any atom is 0.216 e. The van der Waals surface area contributed by atoms with Crippen molar-refractivity contribution in [3.63, 3.8) is 0 Å². The van der Waals surface area contributed by atoms with Gasteiger partial charge in [-0.15, -0.1) is 0 Å². The summed E-state index contributed by atoms with van der Waals surface area (Å²) in [6.45, 7) is 7.10. The Kier molecular flexibility index (Phi) is 9.26. The van der Waals surface area contributed by atoms with Crippen LogP contribution in [0.3, 0.4) is 0 Å². The van der Waals surface area contributed by atoms with E-state index in [4.69, 9.17) is 0 Å². The van der Waals surface area contributed by atoms with Gasteiger partial charge in [0.25, 0.3) is 0 Å². The third-order valence-electron chi connectivity index (χ3n) is 4.28.